The third-order valence-corrected chi connectivity index (χ3v) is 1.32. The zero-order chi connectivity index (χ0) is 8.91. The lowest BCUT2D eigenvalue weighted by Crippen LogP contribution is -2.12. The Kier molecular flexibility index (Phi) is 4.06. The Labute approximate surface area is 65.6 Å². The average Bonchev–Trinajstić information content (AvgIpc) is 1.79. The molecule has 0 unspecified atom stereocenters. The molecule has 0 saturated heterocycles. The van der Waals surface area contributed by atoms with Crippen LogP contribution in [0.1, 0.15) is 12.8 Å². The van der Waals surface area contributed by atoms with Crippen molar-refractivity contribution in [3.8, 4) is 0 Å². The summed E-state index contributed by atoms with van der Waals surface area (Å²) < 4.78 is 24.7. The third kappa shape index (κ3) is 7.27. The standard InChI is InChI=1S/C5H11NO4S/c1-11(8,9)10-5(7)3-2-4-6/h2-4,6H2,1H3. The Morgan fingerprint density at radius 1 is 1.55 bits per heavy atom. The first-order valence-electron chi connectivity index (χ1n) is 3.08. The highest BCUT2D eigenvalue weighted by Gasteiger charge is 2.09. The van der Waals surface area contributed by atoms with Gasteiger partial charge in [-0.1, -0.05) is 0 Å². The molecule has 0 saturated carbocycles. The van der Waals surface area contributed by atoms with Crippen molar-refractivity contribution in [2.24, 2.45) is 5.73 Å². The predicted octanol–water partition coefficient (Wildman–Crippen LogP) is -0.772. The van der Waals surface area contributed by atoms with E-state index >= 15 is 0 Å². The fraction of sp³-hybridized carbons (Fsp3) is 0.800. The van der Waals surface area contributed by atoms with E-state index < -0.39 is 16.1 Å². The molecular weight excluding hydrogens is 170 g/mol. The topological polar surface area (TPSA) is 86.5 Å². The van der Waals surface area contributed by atoms with Gasteiger partial charge in [0.25, 0.3) is 0 Å². The van der Waals surface area contributed by atoms with E-state index in [2.05, 4.69) is 4.18 Å². The van der Waals surface area contributed by atoms with Crippen molar-refractivity contribution >= 4 is 16.1 Å². The minimum atomic E-state index is -3.64. The molecule has 66 valence electrons. The van der Waals surface area contributed by atoms with Crippen LogP contribution in [0.4, 0.5) is 0 Å². The molecule has 0 aliphatic rings. The Hall–Kier alpha value is -0.620. The van der Waals surface area contributed by atoms with Gasteiger partial charge in [0.15, 0.2) is 0 Å². The van der Waals surface area contributed by atoms with Gasteiger partial charge in [0.1, 0.15) is 0 Å². The molecule has 0 heterocycles. The summed E-state index contributed by atoms with van der Waals surface area (Å²) >= 11 is 0. The second-order valence-corrected chi connectivity index (χ2v) is 3.63. The van der Waals surface area contributed by atoms with Crippen molar-refractivity contribution in [3.05, 3.63) is 0 Å². The summed E-state index contributed by atoms with van der Waals surface area (Å²) in [4.78, 5) is 10.6. The molecule has 6 heteroatoms. The fourth-order valence-electron chi connectivity index (χ4n) is 0.457. The monoisotopic (exact) mass is 181 g/mol. The van der Waals surface area contributed by atoms with Crippen molar-refractivity contribution < 1.29 is 17.4 Å². The number of hydrogen-bond donors (Lipinski definition) is 1. The van der Waals surface area contributed by atoms with Gasteiger partial charge in [-0.05, 0) is 13.0 Å². The maximum Gasteiger partial charge on any atom is 0.322 e. The van der Waals surface area contributed by atoms with Crippen LogP contribution in [0.3, 0.4) is 0 Å². The Balaban J connectivity index is 3.71. The molecule has 0 aromatic carbocycles. The molecule has 0 atom stereocenters. The van der Waals surface area contributed by atoms with Crippen LogP contribution in [-0.2, 0) is 19.1 Å². The van der Waals surface area contributed by atoms with Crippen LogP contribution >= 0.6 is 0 Å². The van der Waals surface area contributed by atoms with E-state index in [1.165, 1.54) is 0 Å². The SMILES string of the molecule is CS(=O)(=O)OC(=O)CCCN. The summed E-state index contributed by atoms with van der Waals surface area (Å²) in [6.07, 6.45) is 1.31. The molecule has 0 amide bonds. The van der Waals surface area contributed by atoms with Crippen molar-refractivity contribution in [1.29, 1.82) is 0 Å². The van der Waals surface area contributed by atoms with Gasteiger partial charge in [-0.3, -0.25) is 4.79 Å². The molecule has 0 bridgehead atoms. The molecule has 0 aromatic heterocycles. The van der Waals surface area contributed by atoms with Crippen LogP contribution in [0.25, 0.3) is 0 Å². The zero-order valence-electron chi connectivity index (χ0n) is 6.24. The summed E-state index contributed by atoms with van der Waals surface area (Å²) in [6, 6.07) is 0. The molecule has 0 fully saturated rings. The Bertz CT molecular complexity index is 221. The van der Waals surface area contributed by atoms with Crippen LogP contribution in [0.5, 0.6) is 0 Å². The van der Waals surface area contributed by atoms with Gasteiger partial charge in [-0.25, -0.2) is 0 Å². The summed E-state index contributed by atoms with van der Waals surface area (Å²) in [6.45, 7) is 0.346. The lowest BCUT2D eigenvalue weighted by Gasteiger charge is -1.98. The Morgan fingerprint density at radius 2 is 2.09 bits per heavy atom. The highest BCUT2D eigenvalue weighted by molar-refractivity contribution is 7.86. The summed E-state index contributed by atoms with van der Waals surface area (Å²) in [5.74, 6) is -0.752. The van der Waals surface area contributed by atoms with Crippen molar-refractivity contribution in [3.63, 3.8) is 0 Å². The van der Waals surface area contributed by atoms with E-state index in [4.69, 9.17) is 5.73 Å². The quantitative estimate of drug-likeness (QED) is 0.575. The molecule has 0 aliphatic carbocycles. The first-order valence-corrected chi connectivity index (χ1v) is 4.89. The van der Waals surface area contributed by atoms with Crippen molar-refractivity contribution in [2.45, 2.75) is 12.8 Å². The van der Waals surface area contributed by atoms with Crippen LogP contribution in [0.15, 0.2) is 0 Å². The maximum atomic E-state index is 10.6. The lowest BCUT2D eigenvalue weighted by molar-refractivity contribution is -0.133. The summed E-state index contributed by atoms with van der Waals surface area (Å²) in [7, 11) is -3.64. The van der Waals surface area contributed by atoms with Crippen LogP contribution in [0.2, 0.25) is 0 Å². The minimum absolute atomic E-state index is 0.0452. The van der Waals surface area contributed by atoms with Gasteiger partial charge in [0, 0.05) is 6.42 Å². The smallest absolute Gasteiger partial charge is 0.322 e. The molecule has 0 radical (unpaired) electrons. The highest BCUT2D eigenvalue weighted by Crippen LogP contribution is 1.94. The lowest BCUT2D eigenvalue weighted by atomic mass is 10.3. The molecule has 0 rings (SSSR count). The molecule has 11 heavy (non-hydrogen) atoms. The largest absolute Gasteiger partial charge is 0.346 e. The van der Waals surface area contributed by atoms with Gasteiger partial charge >= 0.3 is 16.1 Å². The van der Waals surface area contributed by atoms with Crippen molar-refractivity contribution in [2.75, 3.05) is 12.8 Å². The zero-order valence-corrected chi connectivity index (χ0v) is 7.06. The van der Waals surface area contributed by atoms with Crippen LogP contribution in [0, 0.1) is 0 Å². The van der Waals surface area contributed by atoms with E-state index in [-0.39, 0.29) is 6.42 Å². The molecule has 2 N–H and O–H groups in total. The molecule has 5 nitrogen and oxygen atoms in total. The Morgan fingerprint density at radius 3 is 2.45 bits per heavy atom. The van der Waals surface area contributed by atoms with Gasteiger partial charge < -0.3 is 9.92 Å². The van der Waals surface area contributed by atoms with Gasteiger partial charge in [-0.15, -0.1) is 0 Å². The second-order valence-electron chi connectivity index (χ2n) is 2.05. The normalized spacial score (nSPS) is 11.1. The van der Waals surface area contributed by atoms with Crippen LogP contribution < -0.4 is 5.73 Å². The molecule has 0 aliphatic heterocycles. The van der Waals surface area contributed by atoms with Crippen molar-refractivity contribution in [1.82, 2.24) is 0 Å². The predicted molar refractivity (Wildman–Crippen MR) is 39.2 cm³/mol. The molecular formula is C5H11NO4S. The van der Waals surface area contributed by atoms with Gasteiger partial charge in [0.05, 0.1) is 6.26 Å². The summed E-state index contributed by atoms with van der Waals surface area (Å²) in [5.41, 5.74) is 5.08. The van der Waals surface area contributed by atoms with E-state index in [0.717, 1.165) is 6.26 Å². The first kappa shape index (κ1) is 10.4. The first-order chi connectivity index (χ1) is 4.95. The van der Waals surface area contributed by atoms with E-state index in [9.17, 15) is 13.2 Å². The number of hydrogen-bond acceptors (Lipinski definition) is 5. The number of nitrogens with two attached hydrogens (primary N) is 1. The second kappa shape index (κ2) is 4.30. The minimum Gasteiger partial charge on any atom is -0.346 e. The average molecular weight is 181 g/mol. The molecule has 0 spiro atoms. The van der Waals surface area contributed by atoms with E-state index in [0.29, 0.717) is 13.0 Å². The third-order valence-electron chi connectivity index (χ3n) is 0.829. The van der Waals surface area contributed by atoms with E-state index in [1.807, 2.05) is 0 Å². The maximum absolute atomic E-state index is 10.6. The highest BCUT2D eigenvalue weighted by atomic mass is 32.2. The van der Waals surface area contributed by atoms with Gasteiger partial charge in [0.2, 0.25) is 0 Å². The number of carbonyl (C=O) groups excluding carboxylic acids is 1. The summed E-state index contributed by atoms with van der Waals surface area (Å²) in [5, 5.41) is 0. The number of rotatable bonds is 4. The van der Waals surface area contributed by atoms with Gasteiger partial charge in [-0.2, -0.15) is 8.42 Å². The number of carbonyl (C=O) groups is 1. The van der Waals surface area contributed by atoms with E-state index in [1.54, 1.807) is 0 Å². The van der Waals surface area contributed by atoms with Crippen LogP contribution in [-0.4, -0.2) is 27.2 Å². The fourth-order valence-corrected chi connectivity index (χ4v) is 0.878. The molecule has 0 aromatic rings.